The molecule has 1 amide bonds. The molecule has 3 aromatic rings. The molecular formula is C21H24N4OS. The molecule has 0 bridgehead atoms. The van der Waals surface area contributed by atoms with Gasteiger partial charge in [-0.05, 0) is 38.5 Å². The van der Waals surface area contributed by atoms with Crippen molar-refractivity contribution in [3.8, 4) is 0 Å². The van der Waals surface area contributed by atoms with Crippen LogP contribution >= 0.6 is 11.8 Å². The summed E-state index contributed by atoms with van der Waals surface area (Å²) in [5.74, 6) is 1.50. The van der Waals surface area contributed by atoms with Crippen molar-refractivity contribution >= 4 is 17.7 Å². The lowest BCUT2D eigenvalue weighted by atomic mass is 10.2. The van der Waals surface area contributed by atoms with Gasteiger partial charge in [0.05, 0.1) is 6.04 Å². The number of nitrogens with one attached hydrogen (secondary N) is 1. The lowest BCUT2D eigenvalue weighted by Gasteiger charge is -2.15. The summed E-state index contributed by atoms with van der Waals surface area (Å²) in [6.45, 7) is 6.84. The van der Waals surface area contributed by atoms with Crippen LogP contribution in [-0.4, -0.2) is 20.7 Å². The third-order valence-electron chi connectivity index (χ3n) is 4.32. The number of rotatable bonds is 7. The molecule has 1 atom stereocenters. The van der Waals surface area contributed by atoms with Crippen molar-refractivity contribution in [2.24, 2.45) is 0 Å². The van der Waals surface area contributed by atoms with E-state index in [2.05, 4.69) is 58.2 Å². The highest BCUT2D eigenvalue weighted by Gasteiger charge is 2.19. The maximum Gasteiger partial charge on any atom is 0.251 e. The summed E-state index contributed by atoms with van der Waals surface area (Å²) >= 11 is 1.66. The Hall–Kier alpha value is -2.60. The summed E-state index contributed by atoms with van der Waals surface area (Å²) in [5.41, 5.74) is 3.15. The number of benzene rings is 2. The van der Waals surface area contributed by atoms with Crippen LogP contribution in [0, 0.1) is 6.92 Å². The zero-order chi connectivity index (χ0) is 19.2. The fourth-order valence-corrected chi connectivity index (χ4v) is 3.76. The Kier molecular flexibility index (Phi) is 6.29. The van der Waals surface area contributed by atoms with Gasteiger partial charge in [-0.3, -0.25) is 4.79 Å². The zero-order valence-electron chi connectivity index (χ0n) is 15.8. The summed E-state index contributed by atoms with van der Waals surface area (Å²) in [4.78, 5) is 12.4. The average molecular weight is 381 g/mol. The molecule has 3 rings (SSSR count). The van der Waals surface area contributed by atoms with Crippen LogP contribution in [0.5, 0.6) is 0 Å². The van der Waals surface area contributed by atoms with E-state index < -0.39 is 0 Å². The fraction of sp³-hybridized carbons (Fsp3) is 0.286. The molecule has 0 aliphatic heterocycles. The second-order valence-corrected chi connectivity index (χ2v) is 7.36. The van der Waals surface area contributed by atoms with Gasteiger partial charge in [-0.1, -0.05) is 59.8 Å². The van der Waals surface area contributed by atoms with Gasteiger partial charge in [0.2, 0.25) is 0 Å². The molecule has 2 aromatic carbocycles. The SMILES string of the molecule is CCn1c(SCc2ccc(C)cc2)nnc1[C@@H](C)NC(=O)c1ccccc1. The quantitative estimate of drug-likeness (QED) is 0.618. The molecule has 0 radical (unpaired) electrons. The first kappa shape index (κ1) is 19.2. The van der Waals surface area contributed by atoms with Crippen LogP contribution in [0.2, 0.25) is 0 Å². The molecule has 0 aliphatic rings. The monoisotopic (exact) mass is 380 g/mol. The van der Waals surface area contributed by atoms with Crippen molar-refractivity contribution in [3.05, 3.63) is 77.1 Å². The molecular weight excluding hydrogens is 356 g/mol. The van der Waals surface area contributed by atoms with Crippen molar-refractivity contribution in [1.29, 1.82) is 0 Å². The molecule has 27 heavy (non-hydrogen) atoms. The summed E-state index contributed by atoms with van der Waals surface area (Å²) in [6.07, 6.45) is 0. The molecule has 1 N–H and O–H groups in total. The van der Waals surface area contributed by atoms with E-state index in [0.717, 1.165) is 23.3 Å². The molecule has 0 fully saturated rings. The van der Waals surface area contributed by atoms with Gasteiger partial charge in [0.1, 0.15) is 0 Å². The van der Waals surface area contributed by atoms with Crippen molar-refractivity contribution in [2.75, 3.05) is 0 Å². The highest BCUT2D eigenvalue weighted by Crippen LogP contribution is 2.24. The summed E-state index contributed by atoms with van der Waals surface area (Å²) in [6, 6.07) is 17.5. The van der Waals surface area contributed by atoms with Gasteiger partial charge in [-0.15, -0.1) is 10.2 Å². The Morgan fingerprint density at radius 2 is 1.81 bits per heavy atom. The first-order valence-corrected chi connectivity index (χ1v) is 10.0. The Labute approximate surface area is 164 Å². The summed E-state index contributed by atoms with van der Waals surface area (Å²) < 4.78 is 2.06. The van der Waals surface area contributed by atoms with E-state index >= 15 is 0 Å². The Morgan fingerprint density at radius 1 is 1.11 bits per heavy atom. The highest BCUT2D eigenvalue weighted by molar-refractivity contribution is 7.98. The van der Waals surface area contributed by atoms with Crippen LogP contribution < -0.4 is 5.32 Å². The number of carbonyl (C=O) groups is 1. The van der Waals surface area contributed by atoms with E-state index in [1.807, 2.05) is 25.1 Å². The second-order valence-electron chi connectivity index (χ2n) is 6.42. The van der Waals surface area contributed by atoms with Crippen LogP contribution in [0.25, 0.3) is 0 Å². The molecule has 0 spiro atoms. The number of amides is 1. The van der Waals surface area contributed by atoms with Crippen LogP contribution in [-0.2, 0) is 12.3 Å². The second kappa shape index (κ2) is 8.86. The predicted octanol–water partition coefficient (Wildman–Crippen LogP) is 4.39. The van der Waals surface area contributed by atoms with Gasteiger partial charge in [-0.2, -0.15) is 0 Å². The van der Waals surface area contributed by atoms with Gasteiger partial charge in [0.15, 0.2) is 11.0 Å². The molecule has 6 heteroatoms. The number of aryl methyl sites for hydroxylation is 1. The number of nitrogens with zero attached hydrogens (tertiary/aromatic N) is 3. The fourth-order valence-electron chi connectivity index (χ4n) is 2.79. The van der Waals surface area contributed by atoms with E-state index in [0.29, 0.717) is 5.56 Å². The Morgan fingerprint density at radius 3 is 2.48 bits per heavy atom. The van der Waals surface area contributed by atoms with Gasteiger partial charge < -0.3 is 9.88 Å². The van der Waals surface area contributed by atoms with E-state index in [9.17, 15) is 4.79 Å². The number of carbonyl (C=O) groups excluding carboxylic acids is 1. The molecule has 140 valence electrons. The summed E-state index contributed by atoms with van der Waals surface area (Å²) in [5, 5.41) is 12.6. The average Bonchev–Trinajstić information content (AvgIpc) is 3.11. The molecule has 0 unspecified atom stereocenters. The number of hydrogen-bond acceptors (Lipinski definition) is 4. The number of aromatic nitrogens is 3. The van der Waals surface area contributed by atoms with E-state index in [4.69, 9.17) is 0 Å². The van der Waals surface area contributed by atoms with Gasteiger partial charge in [-0.25, -0.2) is 0 Å². The lowest BCUT2D eigenvalue weighted by Crippen LogP contribution is -2.28. The Bertz CT molecular complexity index is 890. The first-order valence-electron chi connectivity index (χ1n) is 9.05. The first-order chi connectivity index (χ1) is 13.1. The summed E-state index contributed by atoms with van der Waals surface area (Å²) in [7, 11) is 0. The van der Waals surface area contributed by atoms with Crippen LogP contribution in [0.4, 0.5) is 0 Å². The minimum atomic E-state index is -0.223. The molecule has 0 aliphatic carbocycles. The third-order valence-corrected chi connectivity index (χ3v) is 5.36. The molecule has 1 aromatic heterocycles. The van der Waals surface area contributed by atoms with E-state index in [1.54, 1.807) is 23.9 Å². The normalized spacial score (nSPS) is 12.0. The van der Waals surface area contributed by atoms with Crippen molar-refractivity contribution in [1.82, 2.24) is 20.1 Å². The zero-order valence-corrected chi connectivity index (χ0v) is 16.7. The number of thioether (sulfide) groups is 1. The molecule has 5 nitrogen and oxygen atoms in total. The number of hydrogen-bond donors (Lipinski definition) is 1. The predicted molar refractivity (Wildman–Crippen MR) is 109 cm³/mol. The van der Waals surface area contributed by atoms with E-state index in [-0.39, 0.29) is 11.9 Å². The topological polar surface area (TPSA) is 59.8 Å². The van der Waals surface area contributed by atoms with Crippen molar-refractivity contribution < 1.29 is 4.79 Å². The molecule has 1 heterocycles. The largest absolute Gasteiger partial charge is 0.342 e. The minimum absolute atomic E-state index is 0.109. The van der Waals surface area contributed by atoms with Crippen molar-refractivity contribution in [3.63, 3.8) is 0 Å². The van der Waals surface area contributed by atoms with Gasteiger partial charge in [0.25, 0.3) is 5.91 Å². The van der Waals surface area contributed by atoms with Gasteiger partial charge >= 0.3 is 0 Å². The van der Waals surface area contributed by atoms with Crippen LogP contribution in [0.1, 0.15) is 47.2 Å². The highest BCUT2D eigenvalue weighted by atomic mass is 32.2. The molecule has 0 saturated heterocycles. The maximum absolute atomic E-state index is 12.4. The Balaban J connectivity index is 1.69. The van der Waals surface area contributed by atoms with E-state index in [1.165, 1.54) is 11.1 Å². The molecule has 0 saturated carbocycles. The van der Waals surface area contributed by atoms with Crippen molar-refractivity contribution in [2.45, 2.75) is 44.3 Å². The lowest BCUT2D eigenvalue weighted by molar-refractivity contribution is 0.0937. The standard InChI is InChI=1S/C21H24N4OS/c1-4-25-19(16(3)22-20(26)18-8-6-5-7-9-18)23-24-21(25)27-14-17-12-10-15(2)11-13-17/h5-13,16H,4,14H2,1-3H3,(H,22,26)/t16-/m1/s1. The third kappa shape index (κ3) is 4.77. The maximum atomic E-state index is 12.4. The van der Waals surface area contributed by atoms with Crippen LogP contribution in [0.15, 0.2) is 59.8 Å². The smallest absolute Gasteiger partial charge is 0.251 e. The van der Waals surface area contributed by atoms with Crippen LogP contribution in [0.3, 0.4) is 0 Å². The van der Waals surface area contributed by atoms with Gasteiger partial charge in [0, 0.05) is 17.9 Å². The minimum Gasteiger partial charge on any atom is -0.342 e.